The summed E-state index contributed by atoms with van der Waals surface area (Å²) in [6.07, 6.45) is 12.8. The average molecular weight is 221 g/mol. The van der Waals surface area contributed by atoms with E-state index >= 15 is 0 Å². The fourth-order valence-electron chi connectivity index (χ4n) is 3.56. The second-order valence-corrected chi connectivity index (χ2v) is 5.90. The molecule has 0 heterocycles. The van der Waals surface area contributed by atoms with Crippen LogP contribution in [0.25, 0.3) is 0 Å². The van der Waals surface area contributed by atoms with E-state index in [9.17, 15) is 4.79 Å². The molecule has 0 spiro atoms. The zero-order valence-electron chi connectivity index (χ0n) is 10.2. The summed E-state index contributed by atoms with van der Waals surface area (Å²) >= 11 is 0. The van der Waals surface area contributed by atoms with E-state index in [1.807, 2.05) is 0 Å². The van der Waals surface area contributed by atoms with Crippen molar-refractivity contribution in [2.24, 2.45) is 5.92 Å². The molecule has 0 aliphatic heterocycles. The van der Waals surface area contributed by atoms with E-state index in [-0.39, 0.29) is 0 Å². The highest BCUT2D eigenvalue weighted by Crippen LogP contribution is 2.38. The maximum atomic E-state index is 12.4. The summed E-state index contributed by atoms with van der Waals surface area (Å²) < 4.78 is 0. The van der Waals surface area contributed by atoms with Crippen molar-refractivity contribution in [3.8, 4) is 0 Å². The number of hydrogen-bond acceptors (Lipinski definition) is 1. The monoisotopic (exact) mass is 221 g/mol. The number of amides is 1. The van der Waals surface area contributed by atoms with Gasteiger partial charge < -0.3 is 4.90 Å². The number of hydrogen-bond donors (Lipinski definition) is 0. The van der Waals surface area contributed by atoms with Gasteiger partial charge in [0.05, 0.1) is 0 Å². The fourth-order valence-corrected chi connectivity index (χ4v) is 3.56. The van der Waals surface area contributed by atoms with E-state index in [0.29, 0.717) is 23.9 Å². The lowest BCUT2D eigenvalue weighted by Crippen LogP contribution is -2.45. The summed E-state index contributed by atoms with van der Waals surface area (Å²) in [6, 6.07) is 1.22. The van der Waals surface area contributed by atoms with Crippen LogP contribution in [0, 0.1) is 5.92 Å². The Bertz CT molecular complexity index is 244. The molecule has 0 aromatic heterocycles. The van der Waals surface area contributed by atoms with Crippen molar-refractivity contribution < 1.29 is 4.79 Å². The molecule has 90 valence electrons. The molecular weight excluding hydrogens is 198 g/mol. The summed E-state index contributed by atoms with van der Waals surface area (Å²) in [4.78, 5) is 14.8. The minimum Gasteiger partial charge on any atom is -0.336 e. The van der Waals surface area contributed by atoms with Gasteiger partial charge in [0, 0.05) is 18.0 Å². The standard InChI is InChI=1S/C14H23NO/c16-14(11-9-10-11)15(12-5-1-2-6-12)13-7-3-4-8-13/h11-13H,1-10H2. The van der Waals surface area contributed by atoms with Crippen LogP contribution in [0.2, 0.25) is 0 Å². The molecule has 2 heteroatoms. The van der Waals surface area contributed by atoms with Crippen LogP contribution >= 0.6 is 0 Å². The van der Waals surface area contributed by atoms with Crippen molar-refractivity contribution in [1.82, 2.24) is 4.90 Å². The van der Waals surface area contributed by atoms with E-state index in [2.05, 4.69) is 4.90 Å². The summed E-state index contributed by atoms with van der Waals surface area (Å²) in [6.45, 7) is 0. The Labute approximate surface area is 98.4 Å². The van der Waals surface area contributed by atoms with E-state index in [0.717, 1.165) is 12.8 Å². The van der Waals surface area contributed by atoms with Crippen LogP contribution in [-0.4, -0.2) is 22.9 Å². The van der Waals surface area contributed by atoms with Gasteiger partial charge in [-0.05, 0) is 38.5 Å². The zero-order valence-corrected chi connectivity index (χ0v) is 10.2. The maximum absolute atomic E-state index is 12.4. The van der Waals surface area contributed by atoms with Crippen LogP contribution in [0.3, 0.4) is 0 Å². The SMILES string of the molecule is O=C(C1CC1)N(C1CCCC1)C1CCCC1. The molecular formula is C14H23NO. The summed E-state index contributed by atoms with van der Waals surface area (Å²) in [5, 5.41) is 0. The smallest absolute Gasteiger partial charge is 0.226 e. The number of nitrogens with zero attached hydrogens (tertiary/aromatic N) is 1. The lowest BCUT2D eigenvalue weighted by molar-refractivity contribution is -0.137. The third-order valence-corrected chi connectivity index (χ3v) is 4.62. The van der Waals surface area contributed by atoms with Gasteiger partial charge in [0.1, 0.15) is 0 Å². The van der Waals surface area contributed by atoms with Crippen molar-refractivity contribution in [2.45, 2.75) is 76.3 Å². The Balaban J connectivity index is 1.72. The first kappa shape index (κ1) is 10.6. The topological polar surface area (TPSA) is 20.3 Å². The van der Waals surface area contributed by atoms with Crippen molar-refractivity contribution in [3.05, 3.63) is 0 Å². The molecule has 3 aliphatic carbocycles. The normalized spacial score (nSPS) is 27.5. The quantitative estimate of drug-likeness (QED) is 0.717. The first-order valence-electron chi connectivity index (χ1n) is 7.18. The van der Waals surface area contributed by atoms with Crippen molar-refractivity contribution >= 4 is 5.91 Å². The molecule has 0 N–H and O–H groups in total. The lowest BCUT2D eigenvalue weighted by Gasteiger charge is -2.35. The number of carbonyl (C=O) groups excluding carboxylic acids is 1. The van der Waals surface area contributed by atoms with E-state index in [4.69, 9.17) is 0 Å². The molecule has 0 aromatic rings. The maximum Gasteiger partial charge on any atom is 0.226 e. The summed E-state index contributed by atoms with van der Waals surface area (Å²) in [5.41, 5.74) is 0. The minimum absolute atomic E-state index is 0.418. The average Bonchev–Trinajstić information content (AvgIpc) is 2.81. The molecule has 1 amide bonds. The largest absolute Gasteiger partial charge is 0.336 e. The van der Waals surface area contributed by atoms with Gasteiger partial charge in [0.15, 0.2) is 0 Å². The van der Waals surface area contributed by atoms with Crippen molar-refractivity contribution in [1.29, 1.82) is 0 Å². The Morgan fingerprint density at radius 3 is 1.56 bits per heavy atom. The predicted molar refractivity (Wildman–Crippen MR) is 64.1 cm³/mol. The summed E-state index contributed by atoms with van der Waals surface area (Å²) in [5.74, 6) is 0.931. The molecule has 0 saturated heterocycles. The van der Waals surface area contributed by atoms with Gasteiger partial charge in [-0.2, -0.15) is 0 Å². The van der Waals surface area contributed by atoms with Crippen LogP contribution in [0.1, 0.15) is 64.2 Å². The Kier molecular flexibility index (Phi) is 2.91. The predicted octanol–water partition coefficient (Wildman–Crippen LogP) is 3.11. The van der Waals surface area contributed by atoms with Crippen molar-refractivity contribution in [2.75, 3.05) is 0 Å². The van der Waals surface area contributed by atoms with Gasteiger partial charge in [-0.25, -0.2) is 0 Å². The Hall–Kier alpha value is -0.530. The van der Waals surface area contributed by atoms with Crippen LogP contribution in [-0.2, 0) is 4.79 Å². The van der Waals surface area contributed by atoms with E-state index in [1.165, 1.54) is 51.4 Å². The van der Waals surface area contributed by atoms with Gasteiger partial charge in [0.2, 0.25) is 5.91 Å². The fraction of sp³-hybridized carbons (Fsp3) is 0.929. The second-order valence-electron chi connectivity index (χ2n) is 5.90. The Morgan fingerprint density at radius 1 is 0.750 bits per heavy atom. The van der Waals surface area contributed by atoms with Gasteiger partial charge in [-0.3, -0.25) is 4.79 Å². The minimum atomic E-state index is 0.418. The van der Waals surface area contributed by atoms with Crippen LogP contribution in [0.4, 0.5) is 0 Å². The molecule has 0 aromatic carbocycles. The highest BCUT2D eigenvalue weighted by Gasteiger charge is 2.40. The molecule has 2 nitrogen and oxygen atoms in total. The van der Waals surface area contributed by atoms with Gasteiger partial charge in [-0.1, -0.05) is 25.7 Å². The molecule has 16 heavy (non-hydrogen) atoms. The molecule has 0 unspecified atom stereocenters. The Morgan fingerprint density at radius 2 is 1.19 bits per heavy atom. The van der Waals surface area contributed by atoms with Crippen LogP contribution < -0.4 is 0 Å². The van der Waals surface area contributed by atoms with Crippen LogP contribution in [0.5, 0.6) is 0 Å². The number of rotatable bonds is 3. The molecule has 0 bridgehead atoms. The molecule has 3 rings (SSSR count). The molecule has 3 saturated carbocycles. The first-order chi connectivity index (χ1) is 7.86. The summed E-state index contributed by atoms with van der Waals surface area (Å²) in [7, 11) is 0. The van der Waals surface area contributed by atoms with E-state index < -0.39 is 0 Å². The molecule has 3 fully saturated rings. The van der Waals surface area contributed by atoms with Gasteiger partial charge >= 0.3 is 0 Å². The third-order valence-electron chi connectivity index (χ3n) is 4.62. The third kappa shape index (κ3) is 1.99. The second kappa shape index (κ2) is 4.38. The molecule has 0 atom stereocenters. The highest BCUT2D eigenvalue weighted by molar-refractivity contribution is 5.81. The lowest BCUT2D eigenvalue weighted by atomic mass is 10.1. The zero-order chi connectivity index (χ0) is 11.0. The van der Waals surface area contributed by atoms with Crippen LogP contribution in [0.15, 0.2) is 0 Å². The van der Waals surface area contributed by atoms with Gasteiger partial charge in [0.25, 0.3) is 0 Å². The van der Waals surface area contributed by atoms with Gasteiger partial charge in [-0.15, -0.1) is 0 Å². The molecule has 0 radical (unpaired) electrons. The number of carbonyl (C=O) groups is 1. The highest BCUT2D eigenvalue weighted by atomic mass is 16.2. The van der Waals surface area contributed by atoms with E-state index in [1.54, 1.807) is 0 Å². The first-order valence-corrected chi connectivity index (χ1v) is 7.18. The molecule has 3 aliphatic rings. The van der Waals surface area contributed by atoms with Crippen molar-refractivity contribution in [3.63, 3.8) is 0 Å².